The van der Waals surface area contributed by atoms with Crippen LogP contribution in [0.4, 0.5) is 0 Å². The Labute approximate surface area is 88.3 Å². The lowest BCUT2D eigenvalue weighted by Gasteiger charge is -2.11. The molecule has 1 atom stereocenters. The number of thioether (sulfide) groups is 1. The molecule has 0 heterocycles. The molecule has 0 radical (unpaired) electrons. The van der Waals surface area contributed by atoms with Gasteiger partial charge in [0.25, 0.3) is 0 Å². The summed E-state index contributed by atoms with van der Waals surface area (Å²) < 4.78 is 0. The van der Waals surface area contributed by atoms with Crippen LogP contribution in [-0.4, -0.2) is 30.8 Å². The van der Waals surface area contributed by atoms with Gasteiger partial charge in [-0.2, -0.15) is 0 Å². The standard InChI is InChI=1S/C9H17NS.C2H6/c1-5-8-11-9(2)6-7-10(3)4;1-2/h9H,6-7H2,1-4H3;1-2H3. The second-order valence-electron chi connectivity index (χ2n) is 2.87. The van der Waals surface area contributed by atoms with E-state index in [1.54, 1.807) is 11.8 Å². The molecule has 0 bridgehead atoms. The first-order valence-electron chi connectivity index (χ1n) is 4.89. The predicted octanol–water partition coefficient (Wildman–Crippen LogP) is 3.07. The van der Waals surface area contributed by atoms with E-state index in [9.17, 15) is 0 Å². The molecule has 0 aromatic carbocycles. The zero-order valence-electron chi connectivity index (χ0n) is 9.85. The molecule has 0 saturated heterocycles. The Bertz CT molecular complexity index is 144. The summed E-state index contributed by atoms with van der Waals surface area (Å²) >= 11 is 1.73. The van der Waals surface area contributed by atoms with Crippen LogP contribution in [0.1, 0.15) is 34.1 Å². The van der Waals surface area contributed by atoms with Gasteiger partial charge in [0.1, 0.15) is 0 Å². The highest BCUT2D eigenvalue weighted by Gasteiger charge is 2.00. The minimum Gasteiger partial charge on any atom is -0.309 e. The highest BCUT2D eigenvalue weighted by atomic mass is 32.2. The van der Waals surface area contributed by atoms with Gasteiger partial charge >= 0.3 is 0 Å². The molecule has 78 valence electrons. The topological polar surface area (TPSA) is 3.24 Å². The SMILES string of the molecule is CC.CC#CSC(C)CCN(C)C. The van der Waals surface area contributed by atoms with Crippen molar-refractivity contribution in [3.63, 3.8) is 0 Å². The number of rotatable bonds is 4. The van der Waals surface area contributed by atoms with Gasteiger partial charge < -0.3 is 4.90 Å². The van der Waals surface area contributed by atoms with E-state index in [2.05, 4.69) is 37.1 Å². The van der Waals surface area contributed by atoms with Gasteiger partial charge in [-0.05, 0) is 39.2 Å². The Kier molecular flexibility index (Phi) is 14.0. The summed E-state index contributed by atoms with van der Waals surface area (Å²) in [5.74, 6) is 2.89. The Morgan fingerprint density at radius 3 is 2.23 bits per heavy atom. The molecule has 1 unspecified atom stereocenters. The van der Waals surface area contributed by atoms with Crippen LogP contribution in [0.2, 0.25) is 0 Å². The van der Waals surface area contributed by atoms with E-state index >= 15 is 0 Å². The Hall–Kier alpha value is -0.130. The predicted molar refractivity (Wildman–Crippen MR) is 65.0 cm³/mol. The van der Waals surface area contributed by atoms with E-state index in [1.807, 2.05) is 20.8 Å². The average molecular weight is 201 g/mol. The molecule has 0 rings (SSSR count). The largest absolute Gasteiger partial charge is 0.309 e. The van der Waals surface area contributed by atoms with E-state index in [-0.39, 0.29) is 0 Å². The first-order valence-corrected chi connectivity index (χ1v) is 5.77. The molecule has 0 aliphatic carbocycles. The second-order valence-corrected chi connectivity index (χ2v) is 4.12. The highest BCUT2D eigenvalue weighted by Crippen LogP contribution is 2.11. The van der Waals surface area contributed by atoms with Gasteiger partial charge in [-0.15, -0.1) is 0 Å². The number of hydrogen-bond donors (Lipinski definition) is 0. The molecule has 0 spiro atoms. The van der Waals surface area contributed by atoms with Crippen molar-refractivity contribution in [3.05, 3.63) is 0 Å². The quantitative estimate of drug-likeness (QED) is 0.643. The minimum atomic E-state index is 0.657. The fourth-order valence-electron chi connectivity index (χ4n) is 0.658. The second kappa shape index (κ2) is 11.9. The third-order valence-corrected chi connectivity index (χ3v) is 2.31. The first-order chi connectivity index (χ1) is 6.16. The molecule has 0 aliphatic heterocycles. The molecule has 0 aromatic rings. The van der Waals surface area contributed by atoms with Crippen molar-refractivity contribution in [3.8, 4) is 11.2 Å². The normalized spacial score (nSPS) is 11.0. The smallest absolute Gasteiger partial charge is 0.0155 e. The minimum absolute atomic E-state index is 0.657. The van der Waals surface area contributed by atoms with E-state index < -0.39 is 0 Å². The Balaban J connectivity index is 0. The summed E-state index contributed by atoms with van der Waals surface area (Å²) in [5, 5.41) is 3.68. The maximum atomic E-state index is 3.02. The van der Waals surface area contributed by atoms with E-state index in [0.29, 0.717) is 5.25 Å². The molecular formula is C11H23NS. The zero-order chi connectivity index (χ0) is 10.7. The summed E-state index contributed by atoms with van der Waals surface area (Å²) in [5.41, 5.74) is 0. The third kappa shape index (κ3) is 14.7. The summed E-state index contributed by atoms with van der Waals surface area (Å²) in [6, 6.07) is 0. The molecule has 0 aromatic heterocycles. The van der Waals surface area contributed by atoms with Crippen molar-refractivity contribution in [2.24, 2.45) is 0 Å². The number of hydrogen-bond acceptors (Lipinski definition) is 2. The van der Waals surface area contributed by atoms with Crippen LogP contribution in [0.15, 0.2) is 0 Å². The van der Waals surface area contributed by atoms with Crippen LogP contribution in [0.25, 0.3) is 0 Å². The molecular weight excluding hydrogens is 178 g/mol. The number of nitrogens with zero attached hydrogens (tertiary/aromatic N) is 1. The van der Waals surface area contributed by atoms with E-state index in [0.717, 1.165) is 6.54 Å². The maximum absolute atomic E-state index is 3.02. The van der Waals surface area contributed by atoms with Gasteiger partial charge in [0.05, 0.1) is 0 Å². The van der Waals surface area contributed by atoms with E-state index in [4.69, 9.17) is 0 Å². The van der Waals surface area contributed by atoms with Gasteiger partial charge in [0.15, 0.2) is 0 Å². The molecule has 0 amide bonds. The van der Waals surface area contributed by atoms with Crippen molar-refractivity contribution in [1.82, 2.24) is 4.90 Å². The zero-order valence-corrected chi connectivity index (χ0v) is 10.7. The Morgan fingerprint density at radius 1 is 1.31 bits per heavy atom. The van der Waals surface area contributed by atoms with Crippen molar-refractivity contribution >= 4 is 11.8 Å². The first kappa shape index (κ1) is 15.3. The van der Waals surface area contributed by atoms with Gasteiger partial charge in [-0.25, -0.2) is 0 Å². The summed E-state index contributed by atoms with van der Waals surface area (Å²) in [6.45, 7) is 9.25. The third-order valence-electron chi connectivity index (χ3n) is 1.35. The molecule has 1 nitrogen and oxygen atoms in total. The summed E-state index contributed by atoms with van der Waals surface area (Å²) in [7, 11) is 4.20. The van der Waals surface area contributed by atoms with Gasteiger partial charge in [0.2, 0.25) is 0 Å². The molecule has 2 heteroatoms. The van der Waals surface area contributed by atoms with Crippen molar-refractivity contribution in [1.29, 1.82) is 0 Å². The van der Waals surface area contributed by atoms with Crippen LogP contribution >= 0.6 is 11.8 Å². The van der Waals surface area contributed by atoms with Gasteiger partial charge in [0, 0.05) is 5.25 Å². The fourth-order valence-corrected chi connectivity index (χ4v) is 1.20. The molecule has 13 heavy (non-hydrogen) atoms. The fraction of sp³-hybridized carbons (Fsp3) is 0.818. The van der Waals surface area contributed by atoms with Crippen LogP contribution in [0, 0.1) is 11.2 Å². The summed E-state index contributed by atoms with van der Waals surface area (Å²) in [6.07, 6.45) is 1.21. The summed E-state index contributed by atoms with van der Waals surface area (Å²) in [4.78, 5) is 2.20. The van der Waals surface area contributed by atoms with Crippen molar-refractivity contribution in [2.45, 2.75) is 39.4 Å². The van der Waals surface area contributed by atoms with Gasteiger partial charge in [-0.3, -0.25) is 0 Å². The lowest BCUT2D eigenvalue weighted by atomic mass is 10.3. The average Bonchev–Trinajstić information content (AvgIpc) is 2.14. The molecule has 0 fully saturated rings. The highest BCUT2D eigenvalue weighted by molar-refractivity contribution is 8.04. The van der Waals surface area contributed by atoms with Crippen LogP contribution in [0.3, 0.4) is 0 Å². The lowest BCUT2D eigenvalue weighted by molar-refractivity contribution is 0.400. The van der Waals surface area contributed by atoms with Gasteiger partial charge in [-0.1, -0.05) is 38.5 Å². The lowest BCUT2D eigenvalue weighted by Crippen LogP contribution is -2.16. The van der Waals surface area contributed by atoms with Crippen molar-refractivity contribution in [2.75, 3.05) is 20.6 Å². The van der Waals surface area contributed by atoms with Crippen LogP contribution in [0.5, 0.6) is 0 Å². The van der Waals surface area contributed by atoms with Crippen LogP contribution < -0.4 is 0 Å². The van der Waals surface area contributed by atoms with E-state index in [1.165, 1.54) is 6.42 Å². The van der Waals surface area contributed by atoms with Crippen molar-refractivity contribution < 1.29 is 0 Å². The Morgan fingerprint density at radius 2 is 1.85 bits per heavy atom. The maximum Gasteiger partial charge on any atom is 0.0155 e. The molecule has 0 N–H and O–H groups in total. The molecule has 0 saturated carbocycles. The molecule has 0 aliphatic rings. The van der Waals surface area contributed by atoms with Crippen LogP contribution in [-0.2, 0) is 0 Å². The monoisotopic (exact) mass is 201 g/mol.